The molecule has 4 N–H and O–H groups in total. The van der Waals surface area contributed by atoms with Crippen molar-refractivity contribution in [2.24, 2.45) is 11.8 Å². The van der Waals surface area contributed by atoms with Crippen molar-refractivity contribution in [1.82, 2.24) is 44.9 Å². The second kappa shape index (κ2) is 16.9. The topological polar surface area (TPSA) is 189 Å². The fourth-order valence-corrected chi connectivity index (χ4v) is 8.92. The Hall–Kier alpha value is -6.39. The van der Waals surface area contributed by atoms with Crippen LogP contribution in [0.5, 0.6) is 5.75 Å². The summed E-state index contributed by atoms with van der Waals surface area (Å²) in [5, 5.41) is 5.82. The summed E-state index contributed by atoms with van der Waals surface area (Å²) in [5.41, 5.74) is 4.76. The maximum atomic E-state index is 16.7. The average Bonchev–Trinajstić information content (AvgIpc) is 4.11. The second-order valence-electron chi connectivity index (χ2n) is 16.6. The molecule has 2 aromatic carbocycles. The van der Waals surface area contributed by atoms with Crippen LogP contribution in [0.25, 0.3) is 44.7 Å². The maximum absolute atomic E-state index is 16.7. The molecule has 0 bridgehead atoms. The lowest BCUT2D eigenvalue weighted by Crippen LogP contribution is -2.51. The fraction of sp³-hybridized carbons (Fsp3) is 0.455. The van der Waals surface area contributed by atoms with Gasteiger partial charge < -0.3 is 49.2 Å². The molecular weight excluding hydrogens is 786 g/mol. The lowest BCUT2D eigenvalue weighted by atomic mass is 10.0. The van der Waals surface area contributed by atoms with Crippen molar-refractivity contribution in [3.05, 3.63) is 66.3 Å². The van der Waals surface area contributed by atoms with Crippen LogP contribution in [0, 0.1) is 17.7 Å². The number of likely N-dealkylation sites (tertiary alicyclic amines) is 2. The third-order valence-corrected chi connectivity index (χ3v) is 12.1. The number of methoxy groups -OCH3 is 2. The van der Waals surface area contributed by atoms with Crippen LogP contribution in [0.4, 0.5) is 14.0 Å². The fourth-order valence-electron chi connectivity index (χ4n) is 8.92. The van der Waals surface area contributed by atoms with Crippen molar-refractivity contribution in [2.45, 2.75) is 84.1 Å². The Morgan fingerprint density at radius 3 is 1.82 bits per heavy atom. The summed E-state index contributed by atoms with van der Waals surface area (Å²) < 4.78 is 34.5. The number of amides is 4. The summed E-state index contributed by atoms with van der Waals surface area (Å²) >= 11 is 0. The van der Waals surface area contributed by atoms with E-state index in [4.69, 9.17) is 14.2 Å². The van der Waals surface area contributed by atoms with E-state index in [-0.39, 0.29) is 41.6 Å². The van der Waals surface area contributed by atoms with Gasteiger partial charge >= 0.3 is 12.2 Å². The summed E-state index contributed by atoms with van der Waals surface area (Å²) in [6.07, 6.45) is 5.15. The number of hydrogen-bond donors (Lipinski definition) is 4. The zero-order chi connectivity index (χ0) is 43.1. The molecule has 2 saturated heterocycles. The quantitative estimate of drug-likeness (QED) is 0.119. The van der Waals surface area contributed by atoms with Crippen LogP contribution < -0.4 is 15.4 Å². The number of aromatic nitrogens is 5. The highest BCUT2D eigenvalue weighted by molar-refractivity contribution is 5.93. The SMILES string of the molecule is COC(=O)NC(C(=O)N1CCCC1c1ncc(-c2ccc3c(c2)OCCn2c-3c(F)c3cc(-c4cnc([C@H]5CCCN5C(=O)[C@@H](NC(=O)OC)C(C)C)[nH]4)ccc32)[nH]1)C(C)C. The van der Waals surface area contributed by atoms with E-state index in [9.17, 15) is 19.2 Å². The van der Waals surface area contributed by atoms with Crippen molar-refractivity contribution in [2.75, 3.05) is 33.9 Å². The molecule has 16 nitrogen and oxygen atoms in total. The summed E-state index contributed by atoms with van der Waals surface area (Å²) in [4.78, 5) is 71.1. The molecule has 4 amide bonds. The number of alkyl carbamates (subject to hydrolysis) is 2. The maximum Gasteiger partial charge on any atom is 0.407 e. The molecule has 0 saturated carbocycles. The van der Waals surface area contributed by atoms with Gasteiger partial charge in [-0.05, 0) is 61.8 Å². The standard InChI is InChI=1S/C44H52FN9O7/c1-23(2)36(50-43(57)59-5)41(55)53-15-7-9-32(53)39-46-21-29(48-39)25-12-14-31-28(19-25)35(45)38-27-13-11-26(20-34(27)61-18-17-52(31)38)30-22-47-40(49-30)33-10-8-16-54(33)42(56)37(24(3)4)51-44(58)60-6/h11-14,19-24,32-33,36-37H,7-10,15-18H2,1-6H3,(H,46,48)(H,47,49)(H,50,57)(H,51,58)/t32-,33?,36+,37?/m1/s1. The van der Waals surface area contributed by atoms with Gasteiger partial charge in [-0.1, -0.05) is 39.8 Å². The third kappa shape index (κ3) is 7.76. The van der Waals surface area contributed by atoms with Gasteiger partial charge in [0.25, 0.3) is 0 Å². The first-order chi connectivity index (χ1) is 29.4. The normalized spacial score (nSPS) is 18.4. The Bertz CT molecular complexity index is 2470. The van der Waals surface area contributed by atoms with Gasteiger partial charge in [0.15, 0.2) is 5.82 Å². The van der Waals surface area contributed by atoms with Gasteiger partial charge in [-0.15, -0.1) is 0 Å². The van der Waals surface area contributed by atoms with Crippen LogP contribution in [0.1, 0.15) is 77.1 Å². The number of hydrogen-bond acceptors (Lipinski definition) is 9. The first kappa shape index (κ1) is 41.3. The van der Waals surface area contributed by atoms with Crippen LogP contribution in [-0.4, -0.2) is 104 Å². The molecule has 17 heteroatoms. The van der Waals surface area contributed by atoms with E-state index in [1.54, 1.807) is 22.2 Å². The minimum Gasteiger partial charge on any atom is -0.491 e. The van der Waals surface area contributed by atoms with Crippen molar-refractivity contribution < 1.29 is 37.8 Å². The Balaban J connectivity index is 1.03. The van der Waals surface area contributed by atoms with Gasteiger partial charge in [-0.25, -0.2) is 23.9 Å². The summed E-state index contributed by atoms with van der Waals surface area (Å²) in [7, 11) is 2.54. The number of H-pyrrole nitrogens is 2. The number of benzene rings is 2. The molecule has 6 heterocycles. The molecule has 0 radical (unpaired) electrons. The number of nitrogens with one attached hydrogen (secondary N) is 4. The number of aromatic amines is 2. The van der Waals surface area contributed by atoms with Crippen molar-refractivity contribution >= 4 is 34.9 Å². The Morgan fingerprint density at radius 2 is 1.30 bits per heavy atom. The minimum atomic E-state index is -0.743. The van der Waals surface area contributed by atoms with E-state index < -0.39 is 24.3 Å². The molecule has 3 aromatic heterocycles. The molecule has 0 spiro atoms. The van der Waals surface area contributed by atoms with Crippen LogP contribution in [0.2, 0.25) is 0 Å². The van der Waals surface area contributed by atoms with Crippen molar-refractivity contribution in [3.63, 3.8) is 0 Å². The summed E-state index contributed by atoms with van der Waals surface area (Å²) in [6, 6.07) is 9.25. The van der Waals surface area contributed by atoms with Crippen LogP contribution >= 0.6 is 0 Å². The highest BCUT2D eigenvalue weighted by Crippen LogP contribution is 2.42. The molecule has 8 rings (SSSR count). The summed E-state index contributed by atoms with van der Waals surface area (Å²) in [5.74, 6) is 0.769. The van der Waals surface area contributed by atoms with Gasteiger partial charge in [0.2, 0.25) is 11.8 Å². The zero-order valence-corrected chi connectivity index (χ0v) is 35.2. The van der Waals surface area contributed by atoms with Crippen LogP contribution in [0.15, 0.2) is 48.8 Å². The number of nitrogens with zero attached hydrogens (tertiary/aromatic N) is 5. The number of imidazole rings is 2. The highest BCUT2D eigenvalue weighted by Gasteiger charge is 2.39. The van der Waals surface area contributed by atoms with E-state index >= 15 is 4.39 Å². The number of carbonyl (C=O) groups is 4. The molecule has 3 aliphatic heterocycles. The number of rotatable bonds is 10. The van der Waals surface area contributed by atoms with Crippen LogP contribution in [0.3, 0.4) is 0 Å². The van der Waals surface area contributed by atoms with Crippen molar-refractivity contribution in [3.8, 4) is 39.5 Å². The predicted octanol–water partition coefficient (Wildman–Crippen LogP) is 6.71. The van der Waals surface area contributed by atoms with Gasteiger partial charge in [0, 0.05) is 35.2 Å². The van der Waals surface area contributed by atoms with E-state index in [1.165, 1.54) is 14.2 Å². The number of ether oxygens (including phenoxy) is 3. The zero-order valence-electron chi connectivity index (χ0n) is 35.2. The monoisotopic (exact) mass is 837 g/mol. The molecule has 5 aromatic rings. The number of carbonyl (C=O) groups excluding carboxylic acids is 4. The summed E-state index contributed by atoms with van der Waals surface area (Å²) in [6.45, 7) is 9.34. The molecule has 4 atom stereocenters. The lowest BCUT2D eigenvalue weighted by Gasteiger charge is -2.30. The number of halogens is 1. The highest BCUT2D eigenvalue weighted by atomic mass is 19.1. The van der Waals surface area contributed by atoms with Gasteiger partial charge in [0.05, 0.1) is 67.8 Å². The predicted molar refractivity (Wildman–Crippen MR) is 224 cm³/mol. The van der Waals surface area contributed by atoms with E-state index in [0.717, 1.165) is 41.6 Å². The van der Waals surface area contributed by atoms with Gasteiger partial charge in [-0.2, -0.15) is 0 Å². The smallest absolute Gasteiger partial charge is 0.407 e. The molecule has 2 fully saturated rings. The van der Waals surface area contributed by atoms with E-state index in [1.807, 2.05) is 68.7 Å². The Kier molecular flexibility index (Phi) is 11.5. The second-order valence-corrected chi connectivity index (χ2v) is 16.6. The molecule has 3 aliphatic rings. The first-order valence-electron chi connectivity index (χ1n) is 20.9. The number of fused-ring (bicyclic) bond motifs is 5. The largest absolute Gasteiger partial charge is 0.491 e. The lowest BCUT2D eigenvalue weighted by molar-refractivity contribution is -0.136. The molecule has 0 aliphatic carbocycles. The van der Waals surface area contributed by atoms with Gasteiger partial charge in [0.1, 0.15) is 36.1 Å². The van der Waals surface area contributed by atoms with E-state index in [2.05, 4.69) is 30.6 Å². The van der Waals surface area contributed by atoms with Crippen molar-refractivity contribution in [1.29, 1.82) is 0 Å². The first-order valence-corrected chi connectivity index (χ1v) is 20.9. The molecule has 2 unspecified atom stereocenters. The molecule has 61 heavy (non-hydrogen) atoms. The Labute approximate surface area is 352 Å². The van der Waals surface area contributed by atoms with E-state index in [0.29, 0.717) is 72.4 Å². The Morgan fingerprint density at radius 1 is 0.770 bits per heavy atom. The van der Waals surface area contributed by atoms with Crippen LogP contribution in [-0.2, 0) is 25.6 Å². The molecular formula is C44H52FN9O7. The van der Waals surface area contributed by atoms with Gasteiger partial charge in [-0.3, -0.25) is 9.59 Å². The average molecular weight is 838 g/mol. The third-order valence-electron chi connectivity index (χ3n) is 12.1. The minimum absolute atomic E-state index is 0.147. The molecule has 322 valence electrons.